The number of fused-ring (bicyclic) bond motifs is 4. The molecular weight excluding hydrogens is 733 g/mol. The smallest absolute Gasteiger partial charge is 0.164 e. The second-order valence-electron chi connectivity index (χ2n) is 14.9. The summed E-state index contributed by atoms with van der Waals surface area (Å²) in [6.45, 7) is 0. The van der Waals surface area contributed by atoms with Crippen LogP contribution in [0.2, 0.25) is 0 Å². The van der Waals surface area contributed by atoms with E-state index in [1.807, 2.05) is 72.8 Å². The van der Waals surface area contributed by atoms with Gasteiger partial charge >= 0.3 is 0 Å². The Morgan fingerprint density at radius 3 is 1.57 bits per heavy atom. The lowest BCUT2D eigenvalue weighted by molar-refractivity contribution is 0.669. The molecular formula is C55H36N4O. The van der Waals surface area contributed by atoms with E-state index in [-0.39, 0.29) is 0 Å². The van der Waals surface area contributed by atoms with Crippen molar-refractivity contribution in [3.8, 4) is 56.4 Å². The molecule has 0 amide bonds. The fourth-order valence-electron chi connectivity index (χ4n) is 8.14. The quantitative estimate of drug-likeness (QED) is 0.154. The number of benzene rings is 9. The van der Waals surface area contributed by atoms with Crippen molar-refractivity contribution in [2.45, 2.75) is 0 Å². The van der Waals surface area contributed by atoms with E-state index in [9.17, 15) is 0 Å². The average molecular weight is 769 g/mol. The minimum absolute atomic E-state index is 0.598. The summed E-state index contributed by atoms with van der Waals surface area (Å²) in [5, 5.41) is 4.39. The Morgan fingerprint density at radius 1 is 0.317 bits per heavy atom. The molecule has 0 unspecified atom stereocenters. The van der Waals surface area contributed by atoms with Crippen LogP contribution in [0, 0.1) is 0 Å². The second kappa shape index (κ2) is 15.0. The van der Waals surface area contributed by atoms with Gasteiger partial charge in [0, 0.05) is 44.5 Å². The topological polar surface area (TPSA) is 55.1 Å². The standard InChI is InChI=1S/C55H36N4O/c1-4-14-37(15-5-1)43-22-12-23-46(34-43)59(47-32-28-38-16-10-11-21-42(38)35-47)45-30-26-39(27-31-45)44-29-33-48-51(36-44)60-50-25-13-24-49(52(48)50)55-57-53(40-17-6-2-7-18-40)56-54(58-55)41-19-8-3-9-20-41/h1-36H. The number of rotatable bonds is 8. The zero-order chi connectivity index (χ0) is 39.8. The van der Waals surface area contributed by atoms with Crippen LogP contribution in [0.1, 0.15) is 0 Å². The Morgan fingerprint density at radius 2 is 0.850 bits per heavy atom. The van der Waals surface area contributed by atoms with Crippen molar-refractivity contribution in [3.63, 3.8) is 0 Å². The van der Waals surface area contributed by atoms with Gasteiger partial charge in [-0.15, -0.1) is 0 Å². The van der Waals surface area contributed by atoms with Gasteiger partial charge in [0.25, 0.3) is 0 Å². The van der Waals surface area contributed by atoms with Gasteiger partial charge in [-0.05, 0) is 87.6 Å². The molecule has 0 N–H and O–H groups in total. The van der Waals surface area contributed by atoms with Gasteiger partial charge in [0.05, 0.1) is 0 Å². The van der Waals surface area contributed by atoms with Gasteiger partial charge in [-0.3, -0.25) is 0 Å². The molecule has 0 aliphatic heterocycles. The zero-order valence-corrected chi connectivity index (χ0v) is 32.5. The summed E-state index contributed by atoms with van der Waals surface area (Å²) >= 11 is 0. The molecule has 5 nitrogen and oxygen atoms in total. The molecule has 0 bridgehead atoms. The lowest BCUT2D eigenvalue weighted by Crippen LogP contribution is -2.10. The summed E-state index contributed by atoms with van der Waals surface area (Å²) in [5.41, 5.74) is 12.1. The van der Waals surface area contributed by atoms with E-state index in [1.54, 1.807) is 0 Å². The van der Waals surface area contributed by atoms with Crippen molar-refractivity contribution in [1.82, 2.24) is 15.0 Å². The molecule has 0 saturated heterocycles. The van der Waals surface area contributed by atoms with Gasteiger partial charge in [-0.25, -0.2) is 15.0 Å². The molecule has 5 heteroatoms. The second-order valence-corrected chi connectivity index (χ2v) is 14.9. The molecule has 60 heavy (non-hydrogen) atoms. The van der Waals surface area contributed by atoms with Crippen LogP contribution in [-0.4, -0.2) is 15.0 Å². The fraction of sp³-hybridized carbons (Fsp3) is 0. The maximum Gasteiger partial charge on any atom is 0.164 e. The number of nitrogens with zero attached hydrogens (tertiary/aromatic N) is 4. The Hall–Kier alpha value is -8.15. The third-order valence-electron chi connectivity index (χ3n) is 11.1. The molecule has 282 valence electrons. The van der Waals surface area contributed by atoms with Gasteiger partial charge in [0.15, 0.2) is 17.5 Å². The highest BCUT2D eigenvalue weighted by Crippen LogP contribution is 2.41. The van der Waals surface area contributed by atoms with Crippen LogP contribution in [0.15, 0.2) is 223 Å². The largest absolute Gasteiger partial charge is 0.456 e. The summed E-state index contributed by atoms with van der Waals surface area (Å²) in [4.78, 5) is 17.3. The highest BCUT2D eigenvalue weighted by molar-refractivity contribution is 6.12. The van der Waals surface area contributed by atoms with Crippen LogP contribution in [0.25, 0.3) is 89.1 Å². The number of aromatic nitrogens is 3. The molecule has 0 fully saturated rings. The predicted octanol–water partition coefficient (Wildman–Crippen LogP) is 14.7. The highest BCUT2D eigenvalue weighted by atomic mass is 16.3. The van der Waals surface area contributed by atoms with E-state index in [0.717, 1.165) is 66.8 Å². The number of anilines is 3. The molecule has 2 heterocycles. The molecule has 11 aromatic rings. The van der Waals surface area contributed by atoms with E-state index in [0.29, 0.717) is 17.5 Å². The summed E-state index contributed by atoms with van der Waals surface area (Å²) < 4.78 is 6.59. The average Bonchev–Trinajstić information content (AvgIpc) is 3.71. The van der Waals surface area contributed by atoms with Crippen LogP contribution in [-0.2, 0) is 0 Å². The summed E-state index contributed by atoms with van der Waals surface area (Å²) in [6.07, 6.45) is 0. The first kappa shape index (κ1) is 35.0. The fourth-order valence-corrected chi connectivity index (χ4v) is 8.14. The van der Waals surface area contributed by atoms with E-state index in [4.69, 9.17) is 19.4 Å². The van der Waals surface area contributed by atoms with Crippen LogP contribution >= 0.6 is 0 Å². The minimum atomic E-state index is 0.598. The Bertz CT molecular complexity index is 3250. The van der Waals surface area contributed by atoms with Crippen LogP contribution in [0.3, 0.4) is 0 Å². The van der Waals surface area contributed by atoms with Gasteiger partial charge in [0.1, 0.15) is 11.2 Å². The van der Waals surface area contributed by atoms with Crippen LogP contribution < -0.4 is 4.90 Å². The third-order valence-corrected chi connectivity index (χ3v) is 11.1. The van der Waals surface area contributed by atoms with Gasteiger partial charge in [-0.1, -0.05) is 164 Å². The van der Waals surface area contributed by atoms with E-state index < -0.39 is 0 Å². The maximum absolute atomic E-state index is 6.59. The van der Waals surface area contributed by atoms with Crippen molar-refractivity contribution in [2.24, 2.45) is 0 Å². The first-order valence-electron chi connectivity index (χ1n) is 20.1. The normalized spacial score (nSPS) is 11.3. The lowest BCUT2D eigenvalue weighted by Gasteiger charge is -2.26. The highest BCUT2D eigenvalue weighted by Gasteiger charge is 2.19. The Labute approximate surface area is 347 Å². The van der Waals surface area contributed by atoms with Gasteiger partial charge in [0.2, 0.25) is 0 Å². The summed E-state index contributed by atoms with van der Waals surface area (Å²) in [6, 6.07) is 75.9. The summed E-state index contributed by atoms with van der Waals surface area (Å²) in [7, 11) is 0. The maximum atomic E-state index is 6.59. The first-order valence-corrected chi connectivity index (χ1v) is 20.1. The predicted molar refractivity (Wildman–Crippen MR) is 246 cm³/mol. The molecule has 11 rings (SSSR count). The van der Waals surface area contributed by atoms with Gasteiger partial charge in [-0.2, -0.15) is 0 Å². The lowest BCUT2D eigenvalue weighted by atomic mass is 10.0. The van der Waals surface area contributed by atoms with Gasteiger partial charge < -0.3 is 9.32 Å². The SMILES string of the molecule is c1ccc(-c2cccc(N(c3ccc(-c4ccc5c(c4)oc4cccc(-c6nc(-c7ccccc7)nc(-c7ccccc7)n6)c45)cc3)c3ccc4ccccc4c3)c2)cc1. The summed E-state index contributed by atoms with van der Waals surface area (Å²) in [5.74, 6) is 1.84. The van der Waals surface area contributed by atoms with Crippen LogP contribution in [0.4, 0.5) is 17.1 Å². The van der Waals surface area contributed by atoms with E-state index in [2.05, 4.69) is 150 Å². The Balaban J connectivity index is 0.981. The first-order chi connectivity index (χ1) is 29.7. The third kappa shape index (κ3) is 6.54. The molecule has 0 aliphatic rings. The molecule has 9 aromatic carbocycles. The van der Waals surface area contributed by atoms with Crippen LogP contribution in [0.5, 0.6) is 0 Å². The monoisotopic (exact) mass is 768 g/mol. The molecule has 0 aliphatic carbocycles. The number of hydrogen-bond donors (Lipinski definition) is 0. The van der Waals surface area contributed by atoms with E-state index >= 15 is 0 Å². The number of furan rings is 1. The minimum Gasteiger partial charge on any atom is -0.456 e. The zero-order valence-electron chi connectivity index (χ0n) is 32.5. The van der Waals surface area contributed by atoms with Crippen molar-refractivity contribution >= 4 is 49.8 Å². The number of hydrogen-bond acceptors (Lipinski definition) is 5. The van der Waals surface area contributed by atoms with Crippen molar-refractivity contribution < 1.29 is 4.42 Å². The molecule has 0 saturated carbocycles. The molecule has 0 radical (unpaired) electrons. The van der Waals surface area contributed by atoms with Crippen molar-refractivity contribution in [3.05, 3.63) is 218 Å². The van der Waals surface area contributed by atoms with E-state index in [1.165, 1.54) is 21.9 Å². The van der Waals surface area contributed by atoms with Crippen molar-refractivity contribution in [2.75, 3.05) is 4.90 Å². The molecule has 2 aromatic heterocycles. The molecule has 0 atom stereocenters. The Kier molecular flexibility index (Phi) is 8.75. The van der Waals surface area contributed by atoms with Crippen molar-refractivity contribution in [1.29, 1.82) is 0 Å². The molecule has 0 spiro atoms.